The highest BCUT2D eigenvalue weighted by Crippen LogP contribution is 2.15. The standard InChI is InChI=1S/C8H13NS/c1-2-3-8-4-7(5-9)6-10-8/h4,6H,2-3,5,9H2,1H3. The predicted molar refractivity (Wildman–Crippen MR) is 46.2 cm³/mol. The molecule has 0 fully saturated rings. The first-order valence-electron chi connectivity index (χ1n) is 3.63. The number of hydrogen-bond acceptors (Lipinski definition) is 2. The van der Waals surface area contributed by atoms with Gasteiger partial charge in [-0.1, -0.05) is 13.3 Å². The number of aryl methyl sites for hydroxylation is 1. The average molecular weight is 155 g/mol. The smallest absolute Gasteiger partial charge is 0.0186 e. The van der Waals surface area contributed by atoms with E-state index in [-0.39, 0.29) is 0 Å². The lowest BCUT2D eigenvalue weighted by atomic mass is 10.2. The van der Waals surface area contributed by atoms with Gasteiger partial charge in [-0.3, -0.25) is 0 Å². The minimum absolute atomic E-state index is 0.681. The lowest BCUT2D eigenvalue weighted by Crippen LogP contribution is -1.92. The first-order chi connectivity index (χ1) is 4.86. The van der Waals surface area contributed by atoms with Crippen LogP contribution in [0.3, 0.4) is 0 Å². The maximum absolute atomic E-state index is 5.47. The summed E-state index contributed by atoms with van der Waals surface area (Å²) < 4.78 is 0. The van der Waals surface area contributed by atoms with E-state index in [1.165, 1.54) is 23.3 Å². The predicted octanol–water partition coefficient (Wildman–Crippen LogP) is 2.16. The van der Waals surface area contributed by atoms with Crippen molar-refractivity contribution in [1.82, 2.24) is 0 Å². The van der Waals surface area contributed by atoms with Gasteiger partial charge in [0.05, 0.1) is 0 Å². The third-order valence-electron chi connectivity index (χ3n) is 1.44. The first-order valence-corrected chi connectivity index (χ1v) is 4.51. The highest BCUT2D eigenvalue weighted by atomic mass is 32.1. The van der Waals surface area contributed by atoms with E-state index in [1.54, 1.807) is 0 Å². The van der Waals surface area contributed by atoms with E-state index in [1.807, 2.05) is 11.3 Å². The lowest BCUT2D eigenvalue weighted by molar-refractivity contribution is 0.937. The van der Waals surface area contributed by atoms with Gasteiger partial charge in [0, 0.05) is 11.4 Å². The van der Waals surface area contributed by atoms with Crippen molar-refractivity contribution in [3.05, 3.63) is 21.9 Å². The second-order valence-corrected chi connectivity index (χ2v) is 3.37. The van der Waals surface area contributed by atoms with Gasteiger partial charge in [-0.05, 0) is 23.4 Å². The van der Waals surface area contributed by atoms with Crippen molar-refractivity contribution in [3.8, 4) is 0 Å². The molecule has 1 aromatic heterocycles. The Morgan fingerprint density at radius 3 is 2.90 bits per heavy atom. The van der Waals surface area contributed by atoms with Gasteiger partial charge in [0.1, 0.15) is 0 Å². The normalized spacial score (nSPS) is 10.2. The van der Waals surface area contributed by atoms with Crippen molar-refractivity contribution < 1.29 is 0 Å². The van der Waals surface area contributed by atoms with Gasteiger partial charge in [-0.25, -0.2) is 0 Å². The maximum atomic E-state index is 5.47. The molecule has 0 atom stereocenters. The van der Waals surface area contributed by atoms with Crippen molar-refractivity contribution in [2.24, 2.45) is 5.73 Å². The molecular weight excluding hydrogens is 142 g/mol. The Hall–Kier alpha value is -0.340. The molecule has 1 aromatic rings. The van der Waals surface area contributed by atoms with Crippen molar-refractivity contribution in [1.29, 1.82) is 0 Å². The van der Waals surface area contributed by atoms with Crippen LogP contribution in [0.1, 0.15) is 23.8 Å². The molecule has 1 rings (SSSR count). The second kappa shape index (κ2) is 3.74. The van der Waals surface area contributed by atoms with Crippen molar-refractivity contribution >= 4 is 11.3 Å². The van der Waals surface area contributed by atoms with Crippen LogP contribution < -0.4 is 5.73 Å². The summed E-state index contributed by atoms with van der Waals surface area (Å²) in [4.78, 5) is 1.46. The molecule has 2 N–H and O–H groups in total. The molecule has 0 spiro atoms. The van der Waals surface area contributed by atoms with Crippen LogP contribution in [0.25, 0.3) is 0 Å². The molecule has 0 aliphatic rings. The molecule has 56 valence electrons. The van der Waals surface area contributed by atoms with Crippen LogP contribution in [-0.4, -0.2) is 0 Å². The van der Waals surface area contributed by atoms with Gasteiger partial charge in [-0.2, -0.15) is 0 Å². The molecule has 0 saturated carbocycles. The monoisotopic (exact) mass is 155 g/mol. The number of thiophene rings is 1. The highest BCUT2D eigenvalue weighted by Gasteiger charge is 1.95. The van der Waals surface area contributed by atoms with Crippen LogP contribution in [0.4, 0.5) is 0 Å². The first kappa shape index (κ1) is 7.76. The second-order valence-electron chi connectivity index (χ2n) is 2.38. The maximum Gasteiger partial charge on any atom is 0.0186 e. The average Bonchev–Trinajstić information content (AvgIpc) is 2.37. The molecule has 0 aliphatic carbocycles. The van der Waals surface area contributed by atoms with Gasteiger partial charge < -0.3 is 5.73 Å². The summed E-state index contributed by atoms with van der Waals surface area (Å²) in [6.45, 7) is 2.88. The third kappa shape index (κ3) is 1.82. The Morgan fingerprint density at radius 1 is 1.60 bits per heavy atom. The Kier molecular flexibility index (Phi) is 2.90. The minimum Gasteiger partial charge on any atom is -0.326 e. The Bertz CT molecular complexity index is 193. The topological polar surface area (TPSA) is 26.0 Å². The summed E-state index contributed by atoms with van der Waals surface area (Å²) in [6.07, 6.45) is 2.43. The molecule has 0 aromatic carbocycles. The SMILES string of the molecule is CCCc1cc(CN)cs1. The Morgan fingerprint density at radius 2 is 2.40 bits per heavy atom. The van der Waals surface area contributed by atoms with Gasteiger partial charge in [0.25, 0.3) is 0 Å². The third-order valence-corrected chi connectivity index (χ3v) is 2.49. The zero-order valence-electron chi connectivity index (χ0n) is 6.26. The quantitative estimate of drug-likeness (QED) is 0.711. The lowest BCUT2D eigenvalue weighted by Gasteiger charge is -1.87. The van der Waals surface area contributed by atoms with Crippen molar-refractivity contribution in [3.63, 3.8) is 0 Å². The molecular formula is C8H13NS. The molecule has 0 unspecified atom stereocenters. The van der Waals surface area contributed by atoms with E-state index in [0.717, 1.165) is 0 Å². The van der Waals surface area contributed by atoms with Crippen LogP contribution in [0.5, 0.6) is 0 Å². The summed E-state index contributed by atoms with van der Waals surface area (Å²) in [5.41, 5.74) is 6.74. The van der Waals surface area contributed by atoms with Gasteiger partial charge in [0.2, 0.25) is 0 Å². The molecule has 0 amide bonds. The van der Waals surface area contributed by atoms with Crippen molar-refractivity contribution in [2.75, 3.05) is 0 Å². The molecule has 0 saturated heterocycles. The summed E-state index contributed by atoms with van der Waals surface area (Å²) in [7, 11) is 0. The fourth-order valence-corrected chi connectivity index (χ4v) is 1.92. The Labute approximate surface area is 65.9 Å². The zero-order chi connectivity index (χ0) is 7.40. The molecule has 0 aliphatic heterocycles. The van der Waals surface area contributed by atoms with E-state index < -0.39 is 0 Å². The molecule has 10 heavy (non-hydrogen) atoms. The molecule has 0 radical (unpaired) electrons. The molecule has 0 bridgehead atoms. The Balaban J connectivity index is 2.59. The summed E-state index contributed by atoms with van der Waals surface area (Å²) in [6, 6.07) is 2.20. The largest absolute Gasteiger partial charge is 0.326 e. The van der Waals surface area contributed by atoms with E-state index in [9.17, 15) is 0 Å². The van der Waals surface area contributed by atoms with Gasteiger partial charge in [-0.15, -0.1) is 11.3 Å². The van der Waals surface area contributed by atoms with E-state index >= 15 is 0 Å². The summed E-state index contributed by atoms with van der Waals surface area (Å²) in [5.74, 6) is 0. The van der Waals surface area contributed by atoms with Crippen LogP contribution in [-0.2, 0) is 13.0 Å². The van der Waals surface area contributed by atoms with Crippen LogP contribution in [0.2, 0.25) is 0 Å². The van der Waals surface area contributed by atoms with Crippen LogP contribution >= 0.6 is 11.3 Å². The van der Waals surface area contributed by atoms with Crippen LogP contribution in [0, 0.1) is 0 Å². The minimum atomic E-state index is 0.681. The fourth-order valence-electron chi connectivity index (χ4n) is 0.911. The van der Waals surface area contributed by atoms with Crippen LogP contribution in [0.15, 0.2) is 11.4 Å². The zero-order valence-corrected chi connectivity index (χ0v) is 7.08. The van der Waals surface area contributed by atoms with E-state index in [2.05, 4.69) is 18.4 Å². The number of hydrogen-bond donors (Lipinski definition) is 1. The highest BCUT2D eigenvalue weighted by molar-refractivity contribution is 7.10. The fraction of sp³-hybridized carbons (Fsp3) is 0.500. The van der Waals surface area contributed by atoms with Crippen molar-refractivity contribution in [2.45, 2.75) is 26.3 Å². The van der Waals surface area contributed by atoms with E-state index in [0.29, 0.717) is 6.54 Å². The van der Waals surface area contributed by atoms with Gasteiger partial charge in [0.15, 0.2) is 0 Å². The number of rotatable bonds is 3. The van der Waals surface area contributed by atoms with E-state index in [4.69, 9.17) is 5.73 Å². The number of nitrogens with two attached hydrogens (primary N) is 1. The summed E-state index contributed by atoms with van der Waals surface area (Å²) in [5, 5.41) is 2.14. The molecule has 1 heterocycles. The molecule has 2 heteroatoms. The summed E-state index contributed by atoms with van der Waals surface area (Å²) >= 11 is 1.82. The molecule has 1 nitrogen and oxygen atoms in total. The van der Waals surface area contributed by atoms with Gasteiger partial charge >= 0.3 is 0 Å².